The Balaban J connectivity index is 1.89. The van der Waals surface area contributed by atoms with Crippen LogP contribution >= 0.6 is 0 Å². The molecule has 0 radical (unpaired) electrons. The molecular weight excluding hydrogens is 374 g/mol. The maximum absolute atomic E-state index is 13.4. The first kappa shape index (κ1) is 21.1. The number of sulfone groups is 1. The molecule has 2 N–H and O–H groups in total. The van der Waals surface area contributed by atoms with Gasteiger partial charge in [-0.15, -0.1) is 0 Å². The van der Waals surface area contributed by atoms with Crippen molar-refractivity contribution < 1.29 is 13.2 Å². The summed E-state index contributed by atoms with van der Waals surface area (Å²) in [6.45, 7) is 1.23. The summed E-state index contributed by atoms with van der Waals surface area (Å²) >= 11 is 0. The van der Waals surface area contributed by atoms with Gasteiger partial charge in [0.25, 0.3) is 0 Å². The van der Waals surface area contributed by atoms with Crippen LogP contribution in [0.5, 0.6) is 0 Å². The van der Waals surface area contributed by atoms with E-state index in [4.69, 9.17) is 5.73 Å². The molecule has 1 heterocycles. The van der Waals surface area contributed by atoms with Crippen LogP contribution in [0.25, 0.3) is 0 Å². The third-order valence-electron chi connectivity index (χ3n) is 6.32. The summed E-state index contributed by atoms with van der Waals surface area (Å²) in [7, 11) is -0.0803. The third-order valence-corrected chi connectivity index (χ3v) is 8.45. The molecule has 1 aromatic carbocycles. The SMILES string of the molecule is CN(C)C(=O)N1CC(C2CCCCC2)C[C@@H](S(=O)(=O)c2cccc(CN)c2)C1. The van der Waals surface area contributed by atoms with Crippen LogP contribution in [0.3, 0.4) is 0 Å². The highest BCUT2D eigenvalue weighted by molar-refractivity contribution is 7.92. The number of carbonyl (C=O) groups excluding carboxylic acids is 1. The number of nitrogens with two attached hydrogens (primary N) is 1. The van der Waals surface area contributed by atoms with Crippen molar-refractivity contribution in [1.82, 2.24) is 9.80 Å². The molecule has 1 aliphatic carbocycles. The average Bonchev–Trinajstić information content (AvgIpc) is 2.73. The number of urea groups is 1. The molecule has 1 aromatic rings. The molecular formula is C21H33N3O3S. The summed E-state index contributed by atoms with van der Waals surface area (Å²) in [4.78, 5) is 16.3. The number of hydrogen-bond donors (Lipinski definition) is 1. The van der Waals surface area contributed by atoms with Gasteiger partial charge in [0.1, 0.15) is 0 Å². The predicted molar refractivity (Wildman–Crippen MR) is 111 cm³/mol. The largest absolute Gasteiger partial charge is 0.331 e. The highest BCUT2D eigenvalue weighted by atomic mass is 32.2. The van der Waals surface area contributed by atoms with E-state index < -0.39 is 15.1 Å². The Labute approximate surface area is 169 Å². The number of benzene rings is 1. The van der Waals surface area contributed by atoms with E-state index in [0.717, 1.165) is 18.4 Å². The normalized spacial score (nSPS) is 24.2. The van der Waals surface area contributed by atoms with Crippen LogP contribution in [0.1, 0.15) is 44.1 Å². The lowest BCUT2D eigenvalue weighted by Gasteiger charge is -2.42. The topological polar surface area (TPSA) is 83.7 Å². The molecule has 156 valence electrons. The van der Waals surface area contributed by atoms with E-state index in [1.807, 2.05) is 6.07 Å². The Morgan fingerprint density at radius 2 is 1.86 bits per heavy atom. The number of carbonyl (C=O) groups is 1. The maximum Gasteiger partial charge on any atom is 0.319 e. The van der Waals surface area contributed by atoms with Crippen molar-refractivity contribution >= 4 is 15.9 Å². The van der Waals surface area contributed by atoms with Crippen molar-refractivity contribution in [3.63, 3.8) is 0 Å². The lowest BCUT2D eigenvalue weighted by atomic mass is 9.76. The Bertz CT molecular complexity index is 788. The van der Waals surface area contributed by atoms with Crippen LogP contribution in [0.4, 0.5) is 4.79 Å². The fourth-order valence-electron chi connectivity index (χ4n) is 4.74. The Hall–Kier alpha value is -1.60. The summed E-state index contributed by atoms with van der Waals surface area (Å²) in [5.74, 6) is 0.759. The summed E-state index contributed by atoms with van der Waals surface area (Å²) < 4.78 is 26.9. The molecule has 7 heteroatoms. The van der Waals surface area contributed by atoms with Gasteiger partial charge in [0.05, 0.1) is 10.1 Å². The molecule has 1 unspecified atom stereocenters. The zero-order chi connectivity index (χ0) is 20.3. The zero-order valence-electron chi connectivity index (χ0n) is 17.0. The standard InChI is InChI=1S/C21H33N3O3S/c1-23(2)21(25)24-14-18(17-8-4-3-5-9-17)12-20(15-24)28(26,27)19-10-6-7-16(11-19)13-22/h6-7,10-11,17-18,20H,3-5,8-9,12-15,22H2,1-2H3/t18?,20-/m1/s1. The number of piperidine rings is 1. The van der Waals surface area contributed by atoms with Gasteiger partial charge in [0.2, 0.25) is 0 Å². The maximum atomic E-state index is 13.4. The van der Waals surface area contributed by atoms with Crippen molar-refractivity contribution in [2.75, 3.05) is 27.2 Å². The van der Waals surface area contributed by atoms with E-state index in [2.05, 4.69) is 0 Å². The van der Waals surface area contributed by atoms with Gasteiger partial charge in [-0.05, 0) is 36.0 Å². The summed E-state index contributed by atoms with van der Waals surface area (Å²) in [5, 5.41) is -0.565. The minimum absolute atomic E-state index is 0.101. The van der Waals surface area contributed by atoms with Crippen molar-refractivity contribution in [3.8, 4) is 0 Å². The highest BCUT2D eigenvalue weighted by Gasteiger charge is 2.41. The molecule has 28 heavy (non-hydrogen) atoms. The molecule has 2 aliphatic rings. The van der Waals surface area contributed by atoms with E-state index in [9.17, 15) is 13.2 Å². The Kier molecular flexibility index (Phi) is 6.65. The first-order valence-electron chi connectivity index (χ1n) is 10.3. The minimum atomic E-state index is -3.53. The molecule has 1 aliphatic heterocycles. The quantitative estimate of drug-likeness (QED) is 0.832. The van der Waals surface area contributed by atoms with Gasteiger partial charge >= 0.3 is 6.03 Å². The number of rotatable bonds is 4. The Morgan fingerprint density at radius 1 is 1.14 bits per heavy atom. The molecule has 0 spiro atoms. The van der Waals surface area contributed by atoms with Gasteiger partial charge in [-0.25, -0.2) is 13.2 Å². The number of amides is 2. The lowest BCUT2D eigenvalue weighted by Crippen LogP contribution is -2.53. The second-order valence-corrected chi connectivity index (χ2v) is 10.7. The summed E-state index contributed by atoms with van der Waals surface area (Å²) in [5.41, 5.74) is 6.51. The van der Waals surface area contributed by atoms with Gasteiger partial charge in [-0.3, -0.25) is 0 Å². The van der Waals surface area contributed by atoms with Gasteiger partial charge < -0.3 is 15.5 Å². The summed E-state index contributed by atoms with van der Waals surface area (Å²) in [6.07, 6.45) is 6.60. The van der Waals surface area contributed by atoms with Crippen molar-refractivity contribution in [3.05, 3.63) is 29.8 Å². The fourth-order valence-corrected chi connectivity index (χ4v) is 6.59. The van der Waals surface area contributed by atoms with E-state index in [0.29, 0.717) is 30.3 Å². The second kappa shape index (κ2) is 8.82. The van der Waals surface area contributed by atoms with Gasteiger partial charge in [0.15, 0.2) is 9.84 Å². The molecule has 2 amide bonds. The molecule has 1 saturated heterocycles. The van der Waals surface area contributed by atoms with E-state index in [-0.39, 0.29) is 18.5 Å². The molecule has 2 fully saturated rings. The predicted octanol–water partition coefficient (Wildman–Crippen LogP) is 2.87. The number of hydrogen-bond acceptors (Lipinski definition) is 4. The van der Waals surface area contributed by atoms with E-state index in [1.165, 1.54) is 19.3 Å². The lowest BCUT2D eigenvalue weighted by molar-refractivity contribution is 0.113. The van der Waals surface area contributed by atoms with Crippen molar-refractivity contribution in [1.29, 1.82) is 0 Å². The molecule has 3 rings (SSSR count). The van der Waals surface area contributed by atoms with Gasteiger partial charge in [-0.1, -0.05) is 44.2 Å². The Morgan fingerprint density at radius 3 is 2.50 bits per heavy atom. The van der Waals surface area contributed by atoms with Crippen LogP contribution < -0.4 is 5.73 Å². The number of likely N-dealkylation sites (tertiary alicyclic amines) is 1. The van der Waals surface area contributed by atoms with Crippen molar-refractivity contribution in [2.24, 2.45) is 17.6 Å². The van der Waals surface area contributed by atoms with Crippen molar-refractivity contribution in [2.45, 2.75) is 55.2 Å². The number of nitrogens with zero attached hydrogens (tertiary/aromatic N) is 2. The van der Waals surface area contributed by atoms with E-state index in [1.54, 1.807) is 42.1 Å². The smallest absolute Gasteiger partial charge is 0.319 e. The third kappa shape index (κ3) is 4.51. The molecule has 0 bridgehead atoms. The average molecular weight is 408 g/mol. The van der Waals surface area contributed by atoms with Crippen LogP contribution in [0.15, 0.2) is 29.2 Å². The molecule has 0 aromatic heterocycles. The molecule has 1 saturated carbocycles. The van der Waals surface area contributed by atoms with Crippen LogP contribution in [-0.4, -0.2) is 56.7 Å². The van der Waals surface area contributed by atoms with Crippen LogP contribution in [0, 0.1) is 11.8 Å². The molecule has 2 atom stereocenters. The second-order valence-electron chi connectivity index (χ2n) is 8.49. The summed E-state index contributed by atoms with van der Waals surface area (Å²) in [6, 6.07) is 6.82. The van der Waals surface area contributed by atoms with Crippen LogP contribution in [0.2, 0.25) is 0 Å². The van der Waals surface area contributed by atoms with Gasteiger partial charge in [-0.2, -0.15) is 0 Å². The zero-order valence-corrected chi connectivity index (χ0v) is 17.8. The highest BCUT2D eigenvalue weighted by Crippen LogP contribution is 2.37. The first-order valence-corrected chi connectivity index (χ1v) is 11.9. The first-order chi connectivity index (χ1) is 13.3. The van der Waals surface area contributed by atoms with Crippen LogP contribution in [-0.2, 0) is 16.4 Å². The van der Waals surface area contributed by atoms with Gasteiger partial charge in [0, 0.05) is 33.7 Å². The fraction of sp³-hybridized carbons (Fsp3) is 0.667. The monoisotopic (exact) mass is 407 g/mol. The minimum Gasteiger partial charge on any atom is -0.331 e. The van der Waals surface area contributed by atoms with E-state index >= 15 is 0 Å². The molecule has 6 nitrogen and oxygen atoms in total.